The molecule has 0 radical (unpaired) electrons. The van der Waals surface area contributed by atoms with Gasteiger partial charge in [0.25, 0.3) is 0 Å². The smallest absolute Gasteiger partial charge is 0.406 e. The number of alkyl halides is 3. The lowest BCUT2D eigenvalue weighted by atomic mass is 10.1. The van der Waals surface area contributed by atoms with Crippen LogP contribution in [0.15, 0.2) is 47.1 Å². The van der Waals surface area contributed by atoms with Crippen LogP contribution >= 0.6 is 0 Å². The Kier molecular flexibility index (Phi) is 4.53. The third kappa shape index (κ3) is 4.21. The first-order chi connectivity index (χ1) is 11.9. The molecule has 0 bridgehead atoms. The van der Waals surface area contributed by atoms with Crippen LogP contribution in [-0.4, -0.2) is 23.5 Å². The number of rotatable bonds is 5. The maximum absolute atomic E-state index is 12.9. The van der Waals surface area contributed by atoms with E-state index in [0.29, 0.717) is 23.3 Å². The van der Waals surface area contributed by atoms with E-state index in [0.717, 1.165) is 4.90 Å². The summed E-state index contributed by atoms with van der Waals surface area (Å²) in [7, 11) is 0. The molecule has 0 aliphatic heterocycles. The zero-order valence-corrected chi connectivity index (χ0v) is 13.2. The van der Waals surface area contributed by atoms with Crippen molar-refractivity contribution >= 4 is 5.91 Å². The summed E-state index contributed by atoms with van der Waals surface area (Å²) in [4.78, 5) is 13.4. The van der Waals surface area contributed by atoms with E-state index in [4.69, 9.17) is 9.68 Å². The van der Waals surface area contributed by atoms with Crippen molar-refractivity contribution in [2.24, 2.45) is 5.92 Å². The molecule has 2 atom stereocenters. The topological polar surface area (TPSA) is 57.2 Å². The van der Waals surface area contributed by atoms with Crippen LogP contribution in [0.5, 0.6) is 0 Å². The number of carbonyl (C=O) groups excluding carboxylic acids is 1. The second-order valence-electron chi connectivity index (χ2n) is 6.08. The van der Waals surface area contributed by atoms with Crippen molar-refractivity contribution < 1.29 is 22.4 Å². The highest BCUT2D eigenvalue weighted by Crippen LogP contribution is 2.48. The largest absolute Gasteiger partial charge is 0.469 e. The van der Waals surface area contributed by atoms with Gasteiger partial charge in [-0.3, -0.25) is 4.79 Å². The molecule has 3 rings (SSSR count). The minimum Gasteiger partial charge on any atom is -0.469 e. The van der Waals surface area contributed by atoms with Crippen molar-refractivity contribution in [2.75, 3.05) is 6.54 Å². The molecule has 1 aromatic carbocycles. The third-order valence-electron chi connectivity index (χ3n) is 4.15. The van der Waals surface area contributed by atoms with Crippen LogP contribution in [0.4, 0.5) is 13.2 Å². The van der Waals surface area contributed by atoms with E-state index in [1.807, 2.05) is 6.07 Å². The van der Waals surface area contributed by atoms with E-state index in [1.54, 1.807) is 24.3 Å². The lowest BCUT2D eigenvalue weighted by Gasteiger charge is -2.24. The van der Waals surface area contributed by atoms with Crippen molar-refractivity contribution in [2.45, 2.75) is 25.1 Å². The van der Waals surface area contributed by atoms with E-state index in [-0.39, 0.29) is 12.5 Å². The predicted molar refractivity (Wildman–Crippen MR) is 82.2 cm³/mol. The molecule has 0 spiro atoms. The van der Waals surface area contributed by atoms with Gasteiger partial charge in [0.2, 0.25) is 5.91 Å². The number of nitrogens with zero attached hydrogens (tertiary/aromatic N) is 2. The van der Waals surface area contributed by atoms with Crippen LogP contribution in [0, 0.1) is 17.2 Å². The monoisotopic (exact) mass is 348 g/mol. The Hall–Kier alpha value is -2.75. The molecule has 0 unspecified atom stereocenters. The zero-order valence-electron chi connectivity index (χ0n) is 13.2. The summed E-state index contributed by atoms with van der Waals surface area (Å²) in [6, 6.07) is 11.5. The lowest BCUT2D eigenvalue weighted by molar-refractivity contribution is -0.163. The molecule has 4 nitrogen and oxygen atoms in total. The van der Waals surface area contributed by atoms with E-state index < -0.39 is 24.5 Å². The molecule has 1 aliphatic rings. The molecule has 1 fully saturated rings. The molecule has 1 amide bonds. The molecular formula is C18H15F3N2O2. The summed E-state index contributed by atoms with van der Waals surface area (Å²) in [6.45, 7) is -1.45. The van der Waals surface area contributed by atoms with Gasteiger partial charge in [0.05, 0.1) is 17.9 Å². The van der Waals surface area contributed by atoms with Crippen molar-refractivity contribution in [3.05, 3.63) is 59.5 Å². The van der Waals surface area contributed by atoms with Gasteiger partial charge in [-0.2, -0.15) is 18.4 Å². The second-order valence-corrected chi connectivity index (χ2v) is 6.08. The molecule has 1 aromatic heterocycles. The van der Waals surface area contributed by atoms with E-state index in [2.05, 4.69) is 0 Å². The number of furan rings is 1. The highest BCUT2D eigenvalue weighted by atomic mass is 19.4. The van der Waals surface area contributed by atoms with Crippen LogP contribution in [-0.2, 0) is 11.3 Å². The number of hydrogen-bond acceptors (Lipinski definition) is 3. The Bertz CT molecular complexity index is 776. The van der Waals surface area contributed by atoms with Gasteiger partial charge >= 0.3 is 6.18 Å². The Morgan fingerprint density at radius 1 is 1.28 bits per heavy atom. The highest BCUT2D eigenvalue weighted by Gasteiger charge is 2.48. The number of halogens is 3. The van der Waals surface area contributed by atoms with Crippen molar-refractivity contribution in [1.82, 2.24) is 4.90 Å². The average molecular weight is 348 g/mol. The van der Waals surface area contributed by atoms with Gasteiger partial charge in [0.15, 0.2) is 0 Å². The summed E-state index contributed by atoms with van der Waals surface area (Å²) in [6.07, 6.45) is -2.50. The molecule has 25 heavy (non-hydrogen) atoms. The second kappa shape index (κ2) is 6.63. The predicted octanol–water partition coefficient (Wildman–Crippen LogP) is 3.85. The van der Waals surface area contributed by atoms with Crippen molar-refractivity contribution in [1.29, 1.82) is 5.26 Å². The van der Waals surface area contributed by atoms with Gasteiger partial charge in [0.1, 0.15) is 12.3 Å². The first-order valence-electron chi connectivity index (χ1n) is 7.75. The molecule has 0 N–H and O–H groups in total. The summed E-state index contributed by atoms with van der Waals surface area (Å²) in [5.74, 6) is -0.530. The summed E-state index contributed by atoms with van der Waals surface area (Å²) < 4.78 is 43.9. The molecule has 1 aliphatic carbocycles. The van der Waals surface area contributed by atoms with Gasteiger partial charge in [-0.05, 0) is 36.2 Å². The maximum Gasteiger partial charge on any atom is 0.406 e. The Morgan fingerprint density at radius 3 is 2.56 bits per heavy atom. The summed E-state index contributed by atoms with van der Waals surface area (Å²) in [5.41, 5.74) is 0.962. The SMILES string of the molecule is N#Cc1ccc(CN(CC(F)(F)F)C(=O)[C@@H]2C[C@H]2c2ccco2)cc1. The molecule has 2 aromatic rings. The number of amides is 1. The lowest BCUT2D eigenvalue weighted by Crippen LogP contribution is -2.39. The number of benzene rings is 1. The standard InChI is InChI=1S/C18H15F3N2O2/c19-18(20,21)11-23(10-13-5-3-12(9-22)4-6-13)17(24)15-8-14(15)16-2-1-7-25-16/h1-7,14-15H,8,10-11H2/t14-,15-/m1/s1. The fraction of sp³-hybridized carbons (Fsp3) is 0.333. The molecule has 1 heterocycles. The number of carbonyl (C=O) groups is 1. The van der Waals surface area contributed by atoms with Crippen LogP contribution in [0.1, 0.15) is 29.2 Å². The van der Waals surface area contributed by atoms with Crippen LogP contribution in [0.25, 0.3) is 0 Å². The molecule has 130 valence electrons. The van der Waals surface area contributed by atoms with Gasteiger partial charge in [-0.1, -0.05) is 12.1 Å². The van der Waals surface area contributed by atoms with Gasteiger partial charge < -0.3 is 9.32 Å². The molecule has 7 heteroatoms. The Labute approximate surface area is 142 Å². The van der Waals surface area contributed by atoms with Crippen LogP contribution in [0.2, 0.25) is 0 Å². The fourth-order valence-corrected chi connectivity index (χ4v) is 2.85. The van der Waals surface area contributed by atoms with E-state index in [1.165, 1.54) is 18.4 Å². The van der Waals surface area contributed by atoms with Crippen molar-refractivity contribution in [3.63, 3.8) is 0 Å². The Morgan fingerprint density at radius 2 is 2.00 bits per heavy atom. The average Bonchev–Trinajstić information content (AvgIpc) is 3.18. The first-order valence-corrected chi connectivity index (χ1v) is 7.75. The van der Waals surface area contributed by atoms with Crippen molar-refractivity contribution in [3.8, 4) is 6.07 Å². The van der Waals surface area contributed by atoms with Crippen LogP contribution in [0.3, 0.4) is 0 Å². The van der Waals surface area contributed by atoms with E-state index in [9.17, 15) is 18.0 Å². The van der Waals surface area contributed by atoms with Gasteiger partial charge in [0, 0.05) is 18.4 Å². The fourth-order valence-electron chi connectivity index (χ4n) is 2.85. The van der Waals surface area contributed by atoms with E-state index >= 15 is 0 Å². The minimum atomic E-state index is -4.47. The Balaban J connectivity index is 1.73. The molecule has 1 saturated carbocycles. The first kappa shape index (κ1) is 17.1. The molecular weight excluding hydrogens is 333 g/mol. The van der Waals surface area contributed by atoms with Gasteiger partial charge in [-0.25, -0.2) is 0 Å². The molecule has 0 saturated heterocycles. The van der Waals surface area contributed by atoms with Crippen LogP contribution < -0.4 is 0 Å². The maximum atomic E-state index is 12.9. The summed E-state index contributed by atoms with van der Waals surface area (Å²) >= 11 is 0. The quantitative estimate of drug-likeness (QED) is 0.825. The third-order valence-corrected chi connectivity index (χ3v) is 4.15. The van der Waals surface area contributed by atoms with Gasteiger partial charge in [-0.15, -0.1) is 0 Å². The zero-order chi connectivity index (χ0) is 18.0. The highest BCUT2D eigenvalue weighted by molar-refractivity contribution is 5.83. The number of hydrogen-bond donors (Lipinski definition) is 0. The summed E-state index contributed by atoms with van der Waals surface area (Å²) in [5, 5.41) is 8.78. The normalized spacial score (nSPS) is 19.3. The number of nitriles is 1. The minimum absolute atomic E-state index is 0.147.